The van der Waals surface area contributed by atoms with Gasteiger partial charge in [0.15, 0.2) is 4.80 Å². The molecule has 0 aliphatic carbocycles. The van der Waals surface area contributed by atoms with Crippen molar-refractivity contribution in [1.82, 2.24) is 4.57 Å². The number of esters is 2. The first-order chi connectivity index (χ1) is 17.2. The minimum absolute atomic E-state index is 0.00939. The number of nitrogens with zero attached hydrogens (tertiary/aromatic N) is 2. The predicted molar refractivity (Wildman–Crippen MR) is 139 cm³/mol. The van der Waals surface area contributed by atoms with Crippen molar-refractivity contribution in [2.24, 2.45) is 4.99 Å². The molecular formula is C26H20Cl2N2O5S. The largest absolute Gasteiger partial charge is 0.458 e. The van der Waals surface area contributed by atoms with Crippen LogP contribution in [0.15, 0.2) is 76.2 Å². The fraction of sp³-hybridized carbons (Fsp3) is 0.154. The van der Waals surface area contributed by atoms with E-state index in [-0.39, 0.29) is 17.7 Å². The van der Waals surface area contributed by atoms with Gasteiger partial charge in [-0.15, -0.1) is 0 Å². The lowest BCUT2D eigenvalue weighted by Crippen LogP contribution is -2.39. The zero-order valence-electron chi connectivity index (χ0n) is 19.3. The summed E-state index contributed by atoms with van der Waals surface area (Å²) in [5.41, 5.74) is 1.64. The molecule has 2 aromatic carbocycles. The molecule has 1 aliphatic heterocycles. The molecule has 4 rings (SSSR count). The summed E-state index contributed by atoms with van der Waals surface area (Å²) in [7, 11) is 0. The number of hydrogen-bond acceptors (Lipinski definition) is 7. The summed E-state index contributed by atoms with van der Waals surface area (Å²) in [4.78, 5) is 42.9. The summed E-state index contributed by atoms with van der Waals surface area (Å²) in [6.07, 6.45) is 3.16. The molecule has 1 unspecified atom stereocenters. The van der Waals surface area contributed by atoms with E-state index in [0.29, 0.717) is 42.0 Å². The van der Waals surface area contributed by atoms with Crippen LogP contribution in [0, 0.1) is 0 Å². The van der Waals surface area contributed by atoms with Crippen molar-refractivity contribution in [2.45, 2.75) is 19.9 Å². The molecule has 10 heteroatoms. The second-order valence-corrected chi connectivity index (χ2v) is 9.63. The van der Waals surface area contributed by atoms with Crippen molar-refractivity contribution in [1.29, 1.82) is 0 Å². The fourth-order valence-corrected chi connectivity index (χ4v) is 5.10. The smallest absolute Gasteiger partial charge is 0.338 e. The minimum Gasteiger partial charge on any atom is -0.458 e. The predicted octanol–water partition coefficient (Wildman–Crippen LogP) is 4.20. The van der Waals surface area contributed by atoms with Gasteiger partial charge in [-0.2, -0.15) is 0 Å². The third kappa shape index (κ3) is 5.21. The van der Waals surface area contributed by atoms with Crippen LogP contribution in [0.1, 0.15) is 31.0 Å². The molecule has 36 heavy (non-hydrogen) atoms. The van der Waals surface area contributed by atoms with Crippen LogP contribution in [0.2, 0.25) is 10.0 Å². The van der Waals surface area contributed by atoms with E-state index in [0.717, 1.165) is 0 Å². The number of fused-ring (bicyclic) bond motifs is 1. The maximum absolute atomic E-state index is 13.6. The molecule has 1 aromatic heterocycles. The maximum atomic E-state index is 13.6. The molecule has 1 aliphatic rings. The van der Waals surface area contributed by atoms with Gasteiger partial charge in [0.2, 0.25) is 0 Å². The summed E-state index contributed by atoms with van der Waals surface area (Å²) in [5.74, 6) is -0.721. The van der Waals surface area contributed by atoms with Gasteiger partial charge >= 0.3 is 11.9 Å². The lowest BCUT2D eigenvalue weighted by molar-refractivity contribution is -0.138. The molecule has 0 fully saturated rings. The molecule has 7 nitrogen and oxygen atoms in total. The Morgan fingerprint density at radius 3 is 2.53 bits per heavy atom. The van der Waals surface area contributed by atoms with Crippen LogP contribution in [-0.4, -0.2) is 23.1 Å². The number of benzene rings is 2. The summed E-state index contributed by atoms with van der Waals surface area (Å²) in [5, 5.41) is 0.776. The Morgan fingerprint density at radius 1 is 1.17 bits per heavy atom. The molecule has 1 atom stereocenters. The Hall–Kier alpha value is -3.46. The maximum Gasteiger partial charge on any atom is 0.338 e. The van der Waals surface area contributed by atoms with Gasteiger partial charge in [0.25, 0.3) is 5.56 Å². The lowest BCUT2D eigenvalue weighted by atomic mass is 9.96. The first-order valence-corrected chi connectivity index (χ1v) is 12.3. The first-order valence-electron chi connectivity index (χ1n) is 10.7. The van der Waals surface area contributed by atoms with Crippen LogP contribution < -0.4 is 19.6 Å². The highest BCUT2D eigenvalue weighted by Gasteiger charge is 2.33. The lowest BCUT2D eigenvalue weighted by Gasteiger charge is -2.24. The van der Waals surface area contributed by atoms with Crippen LogP contribution in [0.25, 0.3) is 6.08 Å². The van der Waals surface area contributed by atoms with Crippen LogP contribution in [0.3, 0.4) is 0 Å². The van der Waals surface area contributed by atoms with Crippen LogP contribution in [0.4, 0.5) is 0 Å². The molecule has 0 N–H and O–H groups in total. The molecule has 184 valence electrons. The van der Waals surface area contributed by atoms with Gasteiger partial charge in [0.1, 0.15) is 12.4 Å². The second-order valence-electron chi connectivity index (χ2n) is 7.81. The van der Waals surface area contributed by atoms with Crippen LogP contribution in [0.5, 0.6) is 5.75 Å². The number of rotatable bonds is 6. The Balaban J connectivity index is 1.89. The molecule has 0 bridgehead atoms. The zero-order chi connectivity index (χ0) is 26.0. The highest BCUT2D eigenvalue weighted by atomic mass is 35.5. The van der Waals surface area contributed by atoms with Crippen LogP contribution >= 0.6 is 34.5 Å². The quantitative estimate of drug-likeness (QED) is 0.264. The van der Waals surface area contributed by atoms with Crippen molar-refractivity contribution in [2.75, 3.05) is 6.61 Å². The number of ether oxygens (including phenoxy) is 2. The van der Waals surface area contributed by atoms with E-state index in [1.54, 1.807) is 55.5 Å². The molecule has 0 saturated carbocycles. The van der Waals surface area contributed by atoms with E-state index < -0.39 is 18.0 Å². The van der Waals surface area contributed by atoms with E-state index in [1.165, 1.54) is 28.9 Å². The fourth-order valence-electron chi connectivity index (χ4n) is 3.75. The number of carbonyl (C=O) groups excluding carboxylic acids is 2. The molecule has 0 radical (unpaired) electrons. The number of hydrogen-bond donors (Lipinski definition) is 0. The Bertz CT molecular complexity index is 1590. The van der Waals surface area contributed by atoms with E-state index in [1.807, 2.05) is 0 Å². The van der Waals surface area contributed by atoms with E-state index >= 15 is 0 Å². The zero-order valence-corrected chi connectivity index (χ0v) is 21.6. The average Bonchev–Trinajstić information content (AvgIpc) is 3.13. The summed E-state index contributed by atoms with van der Waals surface area (Å²) in [6.45, 7) is 6.59. The van der Waals surface area contributed by atoms with Crippen molar-refractivity contribution >= 4 is 52.6 Å². The van der Waals surface area contributed by atoms with E-state index in [9.17, 15) is 14.4 Å². The number of carbonyl (C=O) groups is 2. The topological polar surface area (TPSA) is 87.0 Å². The number of halogens is 2. The van der Waals surface area contributed by atoms with Gasteiger partial charge in [-0.05, 0) is 48.4 Å². The normalized spacial score (nSPS) is 15.2. The summed E-state index contributed by atoms with van der Waals surface area (Å²) >= 11 is 13.3. The monoisotopic (exact) mass is 542 g/mol. The molecule has 2 heterocycles. The Kier molecular flexibility index (Phi) is 7.59. The van der Waals surface area contributed by atoms with Gasteiger partial charge in [-0.25, -0.2) is 9.79 Å². The molecule has 3 aromatic rings. The van der Waals surface area contributed by atoms with Gasteiger partial charge < -0.3 is 9.47 Å². The van der Waals surface area contributed by atoms with Gasteiger partial charge in [-0.3, -0.25) is 14.2 Å². The molecular weight excluding hydrogens is 523 g/mol. The van der Waals surface area contributed by atoms with Gasteiger partial charge in [0.05, 0.1) is 31.9 Å². The highest BCUT2D eigenvalue weighted by Crippen LogP contribution is 2.31. The number of thiazole rings is 1. The third-order valence-corrected chi connectivity index (χ3v) is 6.99. The minimum atomic E-state index is -0.805. The second kappa shape index (κ2) is 10.7. The molecule has 0 spiro atoms. The van der Waals surface area contributed by atoms with Crippen LogP contribution in [-0.2, 0) is 14.3 Å². The number of allylic oxidation sites excluding steroid dienone is 1. The summed E-state index contributed by atoms with van der Waals surface area (Å²) < 4.78 is 12.3. The van der Waals surface area contributed by atoms with Gasteiger partial charge in [-0.1, -0.05) is 65.4 Å². The van der Waals surface area contributed by atoms with E-state index in [2.05, 4.69) is 11.6 Å². The average molecular weight is 543 g/mol. The standard InChI is InChI=1S/C26H20Cl2N2O5S/c1-4-11-34-25(33)22-14(2)29-26-30(23(22)17-6-8-18(9-7-17)35-15(3)31)24(32)21(36-26)13-16-5-10-19(27)20(28)12-16/h4-10,12-13,23H,1,11H2,2-3H3/b21-13-. The van der Waals surface area contributed by atoms with Crippen molar-refractivity contribution < 1.29 is 19.1 Å². The van der Waals surface area contributed by atoms with Crippen molar-refractivity contribution in [3.05, 3.63) is 107 Å². The SMILES string of the molecule is C=CCOC(=O)C1=C(C)N=c2s/c(=C\c3ccc(Cl)c(Cl)c3)c(=O)n2C1c1ccc(OC(C)=O)cc1. The van der Waals surface area contributed by atoms with Crippen molar-refractivity contribution in [3.8, 4) is 5.75 Å². The van der Waals surface area contributed by atoms with E-state index in [4.69, 9.17) is 32.7 Å². The Labute approximate surface area is 220 Å². The van der Waals surface area contributed by atoms with Gasteiger partial charge in [0, 0.05) is 6.92 Å². The third-order valence-electron chi connectivity index (χ3n) is 5.27. The molecule has 0 saturated heterocycles. The van der Waals surface area contributed by atoms with Crippen molar-refractivity contribution in [3.63, 3.8) is 0 Å². The number of aromatic nitrogens is 1. The highest BCUT2D eigenvalue weighted by molar-refractivity contribution is 7.07. The Morgan fingerprint density at radius 2 is 1.89 bits per heavy atom. The summed E-state index contributed by atoms with van der Waals surface area (Å²) in [6, 6.07) is 10.8. The first kappa shape index (κ1) is 25.6. The molecule has 0 amide bonds.